The van der Waals surface area contributed by atoms with Gasteiger partial charge in [0.25, 0.3) is 0 Å². The molecule has 0 aliphatic carbocycles. The second-order valence-corrected chi connectivity index (χ2v) is 5.93. The van der Waals surface area contributed by atoms with Gasteiger partial charge in [0.2, 0.25) is 11.5 Å². The van der Waals surface area contributed by atoms with Crippen LogP contribution in [0.5, 0.6) is 34.5 Å². The fourth-order valence-electron chi connectivity index (χ4n) is 2.81. The Kier molecular flexibility index (Phi) is 4.26. The molecule has 6 nitrogen and oxygen atoms in total. The summed E-state index contributed by atoms with van der Waals surface area (Å²) in [5, 5.41) is 58.9. The quantitative estimate of drug-likeness (QED) is 0.398. The van der Waals surface area contributed by atoms with E-state index in [0.717, 1.165) is 5.56 Å². The number of phenols is 6. The molecule has 6 N–H and O–H groups in total. The lowest BCUT2D eigenvalue weighted by Crippen LogP contribution is -1.89. The van der Waals surface area contributed by atoms with Gasteiger partial charge in [-0.2, -0.15) is 0 Å². The molecule has 26 heavy (non-hydrogen) atoms. The minimum Gasteiger partial charge on any atom is -0.504 e. The molecule has 0 radical (unpaired) electrons. The van der Waals surface area contributed by atoms with E-state index >= 15 is 0 Å². The zero-order valence-corrected chi connectivity index (χ0v) is 13.9. The van der Waals surface area contributed by atoms with Crippen molar-refractivity contribution >= 4 is 0 Å². The summed E-state index contributed by atoms with van der Waals surface area (Å²) in [7, 11) is 0. The molecule has 3 aromatic rings. The normalized spacial score (nSPS) is 10.8. The number of rotatable bonds is 3. The van der Waals surface area contributed by atoms with Crippen molar-refractivity contribution in [1.82, 2.24) is 0 Å². The van der Waals surface area contributed by atoms with Crippen LogP contribution < -0.4 is 0 Å². The topological polar surface area (TPSA) is 121 Å². The van der Waals surface area contributed by atoms with Gasteiger partial charge in [-0.1, -0.05) is 19.1 Å². The molecular formula is C20H18O6. The van der Waals surface area contributed by atoms with Crippen molar-refractivity contribution in [3.8, 4) is 56.8 Å². The smallest absolute Gasteiger partial charge is 0.200 e. The third kappa shape index (κ3) is 2.82. The predicted molar refractivity (Wildman–Crippen MR) is 96.7 cm³/mol. The average Bonchev–Trinajstić information content (AvgIpc) is 2.64. The Hall–Kier alpha value is -3.54. The first-order chi connectivity index (χ1) is 12.3. The molecule has 0 unspecified atom stereocenters. The molecule has 0 aromatic heterocycles. The molecule has 3 rings (SSSR count). The third-order valence-corrected chi connectivity index (χ3v) is 4.28. The van der Waals surface area contributed by atoms with Crippen LogP contribution in [0.25, 0.3) is 22.3 Å². The van der Waals surface area contributed by atoms with Gasteiger partial charge in [0.1, 0.15) is 0 Å². The van der Waals surface area contributed by atoms with Gasteiger partial charge in [-0.3, -0.25) is 0 Å². The lowest BCUT2D eigenvalue weighted by Gasteiger charge is -2.13. The number of aryl methyl sites for hydroxylation is 1. The maximum absolute atomic E-state index is 10.2. The Morgan fingerprint density at radius 1 is 0.577 bits per heavy atom. The first kappa shape index (κ1) is 17.3. The number of aromatic hydroxyl groups is 6. The molecule has 0 amide bonds. The molecule has 0 atom stereocenters. The number of hydrogen-bond acceptors (Lipinski definition) is 6. The molecular weight excluding hydrogens is 336 g/mol. The summed E-state index contributed by atoms with van der Waals surface area (Å²) >= 11 is 0. The van der Waals surface area contributed by atoms with E-state index in [0.29, 0.717) is 28.7 Å². The number of phenolic OH excluding ortho intramolecular Hbond substituents is 6. The van der Waals surface area contributed by atoms with Gasteiger partial charge in [-0.05, 0) is 53.4 Å². The zero-order chi connectivity index (χ0) is 19.0. The zero-order valence-electron chi connectivity index (χ0n) is 13.9. The van der Waals surface area contributed by atoms with Crippen LogP contribution in [-0.2, 0) is 6.42 Å². The van der Waals surface area contributed by atoms with Gasteiger partial charge in [0.15, 0.2) is 23.0 Å². The summed E-state index contributed by atoms with van der Waals surface area (Å²) in [5.74, 6) is -3.01. The van der Waals surface area contributed by atoms with Crippen molar-refractivity contribution in [3.05, 3.63) is 48.0 Å². The molecule has 0 saturated heterocycles. The molecule has 0 fully saturated rings. The van der Waals surface area contributed by atoms with Crippen molar-refractivity contribution in [2.24, 2.45) is 0 Å². The molecule has 0 heterocycles. The number of benzene rings is 3. The number of hydrogen-bond donors (Lipinski definition) is 6. The van der Waals surface area contributed by atoms with E-state index in [2.05, 4.69) is 0 Å². The highest BCUT2D eigenvalue weighted by molar-refractivity contribution is 5.82. The standard InChI is InChI=1S/C20H18O6/c1-2-10-7-11(13-3-5-15(21)19(25)17(13)23)9-12(8-10)14-4-6-16(22)20(26)18(14)24/h3-9,21-26H,2H2,1H3. The molecule has 0 bridgehead atoms. The third-order valence-electron chi connectivity index (χ3n) is 4.28. The summed E-state index contributed by atoms with van der Waals surface area (Å²) in [6.45, 7) is 1.94. The first-order valence-electron chi connectivity index (χ1n) is 7.96. The van der Waals surface area contributed by atoms with E-state index in [9.17, 15) is 30.6 Å². The summed E-state index contributed by atoms with van der Waals surface area (Å²) in [6, 6.07) is 10.8. The summed E-state index contributed by atoms with van der Waals surface area (Å²) in [4.78, 5) is 0. The van der Waals surface area contributed by atoms with Crippen molar-refractivity contribution < 1.29 is 30.6 Å². The van der Waals surface area contributed by atoms with Crippen molar-refractivity contribution in [2.75, 3.05) is 0 Å². The summed E-state index contributed by atoms with van der Waals surface area (Å²) in [6.07, 6.45) is 0.663. The lowest BCUT2D eigenvalue weighted by molar-refractivity contribution is 0.369. The lowest BCUT2D eigenvalue weighted by atomic mass is 9.94. The average molecular weight is 354 g/mol. The SMILES string of the molecule is CCc1cc(-c2ccc(O)c(O)c2O)cc(-c2ccc(O)c(O)c2O)c1. The Morgan fingerprint density at radius 3 is 1.38 bits per heavy atom. The van der Waals surface area contributed by atoms with Crippen LogP contribution in [0.2, 0.25) is 0 Å². The molecule has 0 saturated carbocycles. The minimum absolute atomic E-state index is 0.305. The highest BCUT2D eigenvalue weighted by Gasteiger charge is 2.17. The first-order valence-corrected chi connectivity index (χ1v) is 7.96. The van der Waals surface area contributed by atoms with Gasteiger partial charge in [0, 0.05) is 11.1 Å². The molecule has 134 valence electrons. The fraction of sp³-hybridized carbons (Fsp3) is 0.100. The van der Waals surface area contributed by atoms with E-state index in [1.807, 2.05) is 19.1 Å². The predicted octanol–water partition coefficient (Wildman–Crippen LogP) is 3.82. The highest BCUT2D eigenvalue weighted by Crippen LogP contribution is 2.45. The molecule has 0 spiro atoms. The highest BCUT2D eigenvalue weighted by atomic mass is 16.3. The van der Waals surface area contributed by atoms with Crippen molar-refractivity contribution in [1.29, 1.82) is 0 Å². The Bertz CT molecular complexity index is 918. The Labute approximate surface area is 149 Å². The minimum atomic E-state index is -0.615. The monoisotopic (exact) mass is 354 g/mol. The fourth-order valence-corrected chi connectivity index (χ4v) is 2.81. The van der Waals surface area contributed by atoms with Crippen LogP contribution in [0.3, 0.4) is 0 Å². The van der Waals surface area contributed by atoms with E-state index in [1.165, 1.54) is 24.3 Å². The molecule has 6 heteroatoms. The second kappa shape index (κ2) is 6.40. The van der Waals surface area contributed by atoms with E-state index in [4.69, 9.17) is 0 Å². The van der Waals surface area contributed by atoms with Crippen LogP contribution >= 0.6 is 0 Å². The Balaban J connectivity index is 2.24. The molecule has 3 aromatic carbocycles. The van der Waals surface area contributed by atoms with Crippen LogP contribution in [0.1, 0.15) is 12.5 Å². The summed E-state index contributed by atoms with van der Waals surface area (Å²) < 4.78 is 0. The maximum atomic E-state index is 10.2. The van der Waals surface area contributed by atoms with Gasteiger partial charge < -0.3 is 30.6 Å². The van der Waals surface area contributed by atoms with Crippen LogP contribution in [0.4, 0.5) is 0 Å². The van der Waals surface area contributed by atoms with E-state index in [-0.39, 0.29) is 0 Å². The van der Waals surface area contributed by atoms with Gasteiger partial charge >= 0.3 is 0 Å². The van der Waals surface area contributed by atoms with E-state index in [1.54, 1.807) is 6.07 Å². The largest absolute Gasteiger partial charge is 0.504 e. The van der Waals surface area contributed by atoms with Gasteiger partial charge in [-0.15, -0.1) is 0 Å². The van der Waals surface area contributed by atoms with Crippen LogP contribution in [-0.4, -0.2) is 30.6 Å². The molecule has 0 aliphatic rings. The van der Waals surface area contributed by atoms with Crippen molar-refractivity contribution in [3.63, 3.8) is 0 Å². The van der Waals surface area contributed by atoms with Crippen LogP contribution in [0.15, 0.2) is 42.5 Å². The maximum Gasteiger partial charge on any atom is 0.200 e. The second-order valence-electron chi connectivity index (χ2n) is 5.93. The van der Waals surface area contributed by atoms with E-state index < -0.39 is 34.5 Å². The van der Waals surface area contributed by atoms with Crippen LogP contribution in [0, 0.1) is 0 Å². The summed E-state index contributed by atoms with van der Waals surface area (Å²) in [5.41, 5.74) is 2.60. The van der Waals surface area contributed by atoms with Crippen molar-refractivity contribution in [2.45, 2.75) is 13.3 Å². The van der Waals surface area contributed by atoms with Gasteiger partial charge in [0.05, 0.1) is 0 Å². The Morgan fingerprint density at radius 2 is 1.00 bits per heavy atom. The molecule has 0 aliphatic heterocycles. The van der Waals surface area contributed by atoms with Gasteiger partial charge in [-0.25, -0.2) is 0 Å².